The third-order valence-corrected chi connectivity index (χ3v) is 5.12. The Morgan fingerprint density at radius 2 is 2.04 bits per heavy atom. The Bertz CT molecular complexity index is 1130. The lowest BCUT2D eigenvalue weighted by atomic mass is 10.0. The van der Waals surface area contributed by atoms with Crippen LogP contribution in [-0.2, 0) is 11.8 Å². The topological polar surface area (TPSA) is 97.4 Å². The molecule has 1 N–H and O–H groups in total. The maximum absolute atomic E-state index is 12.9. The number of fused-ring (bicyclic) bond motifs is 1. The van der Waals surface area contributed by atoms with E-state index in [0.717, 1.165) is 6.42 Å². The highest BCUT2D eigenvalue weighted by molar-refractivity contribution is 6.04. The molecule has 3 heterocycles. The molecule has 1 fully saturated rings. The summed E-state index contributed by atoms with van der Waals surface area (Å²) in [6.07, 6.45) is 2.86. The molecule has 0 radical (unpaired) electrons. The number of carbonyl (C=O) groups is 2. The second-order valence-corrected chi connectivity index (χ2v) is 6.86. The van der Waals surface area contributed by atoms with Gasteiger partial charge in [0.2, 0.25) is 0 Å². The number of amides is 2. The highest BCUT2D eigenvalue weighted by atomic mass is 16.4. The molecule has 1 unspecified atom stereocenters. The average Bonchev–Trinajstić information content (AvgIpc) is 3.09. The number of para-hydroxylation sites is 1. The van der Waals surface area contributed by atoms with E-state index in [0.29, 0.717) is 35.3 Å². The van der Waals surface area contributed by atoms with Gasteiger partial charge in [-0.1, -0.05) is 18.2 Å². The van der Waals surface area contributed by atoms with Crippen LogP contribution < -0.4 is 15.8 Å². The quantitative estimate of drug-likeness (QED) is 0.699. The third kappa shape index (κ3) is 2.96. The van der Waals surface area contributed by atoms with Crippen LogP contribution in [0.2, 0.25) is 0 Å². The van der Waals surface area contributed by atoms with Crippen molar-refractivity contribution >= 4 is 28.6 Å². The highest BCUT2D eigenvalue weighted by Crippen LogP contribution is 2.22. The Hall–Kier alpha value is -3.42. The molecule has 4 rings (SSSR count). The first-order valence-electron chi connectivity index (χ1n) is 9.10. The number of nitrogens with zero attached hydrogens (tertiary/aromatic N) is 3. The van der Waals surface area contributed by atoms with Gasteiger partial charge in [-0.2, -0.15) is 5.10 Å². The smallest absolute Gasteiger partial charge is 0.349 e. The van der Waals surface area contributed by atoms with Crippen LogP contribution in [0.5, 0.6) is 0 Å². The first-order valence-corrected chi connectivity index (χ1v) is 9.10. The molecule has 144 valence electrons. The molecule has 1 saturated heterocycles. The Kier molecular flexibility index (Phi) is 4.46. The van der Waals surface area contributed by atoms with Gasteiger partial charge in [-0.15, -0.1) is 0 Å². The predicted molar refractivity (Wildman–Crippen MR) is 103 cm³/mol. The zero-order valence-corrected chi connectivity index (χ0v) is 15.6. The van der Waals surface area contributed by atoms with Crippen molar-refractivity contribution in [2.45, 2.75) is 25.8 Å². The maximum atomic E-state index is 12.9. The van der Waals surface area contributed by atoms with Crippen molar-refractivity contribution in [2.24, 2.45) is 7.05 Å². The van der Waals surface area contributed by atoms with Crippen LogP contribution in [0, 0.1) is 6.92 Å². The van der Waals surface area contributed by atoms with Crippen molar-refractivity contribution in [1.82, 2.24) is 15.1 Å². The van der Waals surface area contributed by atoms with E-state index in [1.165, 1.54) is 0 Å². The van der Waals surface area contributed by atoms with Crippen LogP contribution in [0.4, 0.5) is 5.82 Å². The maximum Gasteiger partial charge on any atom is 0.349 e. The van der Waals surface area contributed by atoms with Gasteiger partial charge in [-0.05, 0) is 31.4 Å². The molecular formula is C20H20N4O4. The standard InChI is InChI=1S/C20H20N4O4/c1-12-13-6-3-4-8-15(13)28-20(27)17(12)18(25)22-14-7-5-11-24(19(14)26)16-9-10-21-23(16)2/h3-4,6,8-10,14H,5,7,11H2,1-2H3,(H,22,25). The van der Waals surface area contributed by atoms with E-state index in [1.807, 2.05) is 6.07 Å². The van der Waals surface area contributed by atoms with Gasteiger partial charge in [0.05, 0.1) is 6.20 Å². The van der Waals surface area contributed by atoms with Gasteiger partial charge in [-0.3, -0.25) is 19.2 Å². The summed E-state index contributed by atoms with van der Waals surface area (Å²) in [5.74, 6) is -0.140. The van der Waals surface area contributed by atoms with E-state index in [9.17, 15) is 14.4 Å². The lowest BCUT2D eigenvalue weighted by Crippen LogP contribution is -2.53. The number of anilines is 1. The SMILES string of the molecule is Cc1c(C(=O)NC2CCCN(c3ccnn3C)C2=O)c(=O)oc2ccccc12. The van der Waals surface area contributed by atoms with E-state index in [2.05, 4.69) is 10.4 Å². The second kappa shape index (κ2) is 6.95. The molecular weight excluding hydrogens is 360 g/mol. The fraction of sp³-hybridized carbons (Fsp3) is 0.300. The first-order chi connectivity index (χ1) is 13.5. The number of aryl methyl sites for hydroxylation is 2. The number of benzene rings is 1. The van der Waals surface area contributed by atoms with Gasteiger partial charge in [0.1, 0.15) is 23.0 Å². The van der Waals surface area contributed by atoms with Crippen molar-refractivity contribution in [2.75, 3.05) is 11.4 Å². The summed E-state index contributed by atoms with van der Waals surface area (Å²) in [5.41, 5.74) is 0.193. The molecule has 2 aromatic heterocycles. The van der Waals surface area contributed by atoms with E-state index in [-0.39, 0.29) is 11.5 Å². The molecule has 1 aliphatic heterocycles. The van der Waals surface area contributed by atoms with Crippen molar-refractivity contribution in [3.05, 3.63) is 58.1 Å². The number of nitrogens with one attached hydrogen (secondary N) is 1. The van der Waals surface area contributed by atoms with Crippen molar-refractivity contribution in [3.63, 3.8) is 0 Å². The van der Waals surface area contributed by atoms with Crippen LogP contribution in [0.25, 0.3) is 11.0 Å². The third-order valence-electron chi connectivity index (χ3n) is 5.12. The Labute approximate surface area is 160 Å². The molecule has 2 amide bonds. The lowest BCUT2D eigenvalue weighted by Gasteiger charge is -2.32. The van der Waals surface area contributed by atoms with Crippen molar-refractivity contribution < 1.29 is 14.0 Å². The second-order valence-electron chi connectivity index (χ2n) is 6.86. The van der Waals surface area contributed by atoms with Gasteiger partial charge in [0, 0.05) is 25.0 Å². The minimum Gasteiger partial charge on any atom is -0.422 e. The summed E-state index contributed by atoms with van der Waals surface area (Å²) in [6, 6.07) is 8.10. The molecule has 1 aromatic carbocycles. The highest BCUT2D eigenvalue weighted by Gasteiger charge is 2.33. The molecule has 0 aliphatic carbocycles. The molecule has 3 aromatic rings. The van der Waals surface area contributed by atoms with E-state index >= 15 is 0 Å². The molecule has 0 spiro atoms. The van der Waals surface area contributed by atoms with Crippen LogP contribution in [-0.4, -0.2) is 34.2 Å². The number of hydrogen-bond donors (Lipinski definition) is 1. The number of carbonyl (C=O) groups excluding carboxylic acids is 2. The molecule has 1 atom stereocenters. The zero-order chi connectivity index (χ0) is 19.8. The summed E-state index contributed by atoms with van der Waals surface area (Å²) in [7, 11) is 1.76. The molecule has 28 heavy (non-hydrogen) atoms. The largest absolute Gasteiger partial charge is 0.422 e. The predicted octanol–water partition coefficient (Wildman–Crippen LogP) is 1.76. The summed E-state index contributed by atoms with van der Waals surface area (Å²) in [5, 5.41) is 7.51. The first kappa shape index (κ1) is 18.0. The number of aromatic nitrogens is 2. The minimum atomic E-state index is -0.708. The molecule has 1 aliphatic rings. The summed E-state index contributed by atoms with van der Waals surface area (Å²) in [6.45, 7) is 2.26. The number of piperidine rings is 1. The van der Waals surface area contributed by atoms with Gasteiger partial charge in [0.25, 0.3) is 11.8 Å². The Morgan fingerprint density at radius 1 is 1.25 bits per heavy atom. The van der Waals surface area contributed by atoms with Crippen LogP contribution in [0.15, 0.2) is 45.7 Å². The number of hydrogen-bond acceptors (Lipinski definition) is 5. The fourth-order valence-corrected chi connectivity index (χ4v) is 3.67. The van der Waals surface area contributed by atoms with Crippen LogP contribution in [0.3, 0.4) is 0 Å². The van der Waals surface area contributed by atoms with E-state index in [1.54, 1.807) is 54.0 Å². The van der Waals surface area contributed by atoms with Crippen LogP contribution in [0.1, 0.15) is 28.8 Å². The van der Waals surface area contributed by atoms with Gasteiger partial charge in [-0.25, -0.2) is 4.79 Å². The Balaban J connectivity index is 1.62. The zero-order valence-electron chi connectivity index (χ0n) is 15.6. The molecule has 8 heteroatoms. The lowest BCUT2D eigenvalue weighted by molar-refractivity contribution is -0.121. The number of rotatable bonds is 3. The van der Waals surface area contributed by atoms with Gasteiger partial charge < -0.3 is 9.73 Å². The van der Waals surface area contributed by atoms with Gasteiger partial charge in [0.15, 0.2) is 0 Å². The van der Waals surface area contributed by atoms with Crippen molar-refractivity contribution in [1.29, 1.82) is 0 Å². The van der Waals surface area contributed by atoms with E-state index < -0.39 is 17.6 Å². The Morgan fingerprint density at radius 3 is 2.79 bits per heavy atom. The fourth-order valence-electron chi connectivity index (χ4n) is 3.67. The normalized spacial score (nSPS) is 17.1. The van der Waals surface area contributed by atoms with Crippen molar-refractivity contribution in [3.8, 4) is 0 Å². The summed E-state index contributed by atoms with van der Waals surface area (Å²) >= 11 is 0. The average molecular weight is 380 g/mol. The van der Waals surface area contributed by atoms with Gasteiger partial charge >= 0.3 is 5.63 Å². The monoisotopic (exact) mass is 380 g/mol. The molecule has 8 nitrogen and oxygen atoms in total. The molecule has 0 saturated carbocycles. The van der Waals surface area contributed by atoms with E-state index in [4.69, 9.17) is 4.42 Å². The molecule has 0 bridgehead atoms. The van der Waals surface area contributed by atoms with Crippen LogP contribution >= 0.6 is 0 Å². The summed E-state index contributed by atoms with van der Waals surface area (Å²) in [4.78, 5) is 39.7. The summed E-state index contributed by atoms with van der Waals surface area (Å²) < 4.78 is 6.90. The minimum absolute atomic E-state index is 0.0656.